The quantitative estimate of drug-likeness (QED) is 0.223. The monoisotopic (exact) mass is 612 g/mol. The number of aryl methyl sites for hydroxylation is 1. The summed E-state index contributed by atoms with van der Waals surface area (Å²) in [6.07, 6.45) is 1.46. The summed E-state index contributed by atoms with van der Waals surface area (Å²) in [6.45, 7) is 3.17. The molecule has 0 spiro atoms. The molecule has 2 aliphatic heterocycles. The molecule has 3 aromatic carbocycles. The Labute approximate surface area is 260 Å². The lowest BCUT2D eigenvalue weighted by Gasteiger charge is -2.33. The standard InChI is InChI=1S/C34H33ClN4O5/c1-21-29-19-39(34(43)44-20-22-7-3-2-4-8-22)30(21)18-38(29)33(42)24-13-16-26-28(17-24)36-27(9-5-6-10-31(40)41)32(37-26)23-11-14-25(35)15-12-23/h2-4,7-8,11-17,21,29-30H,5-6,9-10,18-20H2,1H3,(H,40,41). The molecule has 9 nitrogen and oxygen atoms in total. The average molecular weight is 613 g/mol. The van der Waals surface area contributed by atoms with Crippen molar-refractivity contribution in [2.75, 3.05) is 13.1 Å². The number of carbonyl (C=O) groups excluding carboxylic acids is 2. The Kier molecular flexibility index (Phi) is 8.48. The molecule has 2 saturated heterocycles. The van der Waals surface area contributed by atoms with Crippen LogP contribution in [0.2, 0.25) is 5.02 Å². The van der Waals surface area contributed by atoms with Gasteiger partial charge in [0.1, 0.15) is 6.61 Å². The van der Waals surface area contributed by atoms with E-state index in [9.17, 15) is 14.4 Å². The molecule has 4 aromatic rings. The van der Waals surface area contributed by atoms with Gasteiger partial charge in [0.15, 0.2) is 0 Å². The van der Waals surface area contributed by atoms with Crippen molar-refractivity contribution < 1.29 is 24.2 Å². The molecular formula is C34H33ClN4O5. The van der Waals surface area contributed by atoms with E-state index < -0.39 is 5.97 Å². The molecule has 2 amide bonds. The van der Waals surface area contributed by atoms with Crippen molar-refractivity contribution in [3.8, 4) is 11.3 Å². The lowest BCUT2D eigenvalue weighted by Crippen LogP contribution is -2.50. The van der Waals surface area contributed by atoms with Gasteiger partial charge in [0.25, 0.3) is 5.91 Å². The van der Waals surface area contributed by atoms with Gasteiger partial charge in [0, 0.05) is 41.6 Å². The summed E-state index contributed by atoms with van der Waals surface area (Å²) in [5.74, 6) is -0.800. The summed E-state index contributed by atoms with van der Waals surface area (Å²) in [4.78, 5) is 51.1. The smallest absolute Gasteiger partial charge is 0.410 e. The minimum absolute atomic E-state index is 0.0918. The predicted octanol–water partition coefficient (Wildman–Crippen LogP) is 6.23. The molecule has 2 bridgehead atoms. The van der Waals surface area contributed by atoms with Gasteiger partial charge >= 0.3 is 12.1 Å². The molecule has 3 atom stereocenters. The lowest BCUT2D eigenvalue weighted by atomic mass is 10.0. The molecule has 3 unspecified atom stereocenters. The zero-order valence-electron chi connectivity index (χ0n) is 24.4. The van der Waals surface area contributed by atoms with Crippen LogP contribution in [0.3, 0.4) is 0 Å². The Bertz CT molecular complexity index is 1700. The third-order valence-corrected chi connectivity index (χ3v) is 8.89. The normalized spacial score (nSPS) is 19.0. The summed E-state index contributed by atoms with van der Waals surface area (Å²) >= 11 is 6.11. The zero-order valence-corrected chi connectivity index (χ0v) is 25.1. The van der Waals surface area contributed by atoms with E-state index in [2.05, 4.69) is 6.92 Å². The first-order valence-electron chi connectivity index (χ1n) is 14.8. The number of piperazine rings is 1. The number of aromatic nitrogens is 2. The number of benzene rings is 3. The number of halogens is 1. The van der Waals surface area contributed by atoms with Crippen molar-refractivity contribution in [3.05, 3.63) is 94.6 Å². The molecule has 0 radical (unpaired) electrons. The van der Waals surface area contributed by atoms with E-state index in [0.29, 0.717) is 59.7 Å². The molecule has 6 rings (SSSR count). The van der Waals surface area contributed by atoms with Crippen LogP contribution in [-0.4, -0.2) is 68.0 Å². The van der Waals surface area contributed by atoms with E-state index >= 15 is 0 Å². The predicted molar refractivity (Wildman–Crippen MR) is 166 cm³/mol. The van der Waals surface area contributed by atoms with Crippen molar-refractivity contribution in [2.24, 2.45) is 5.92 Å². The fraction of sp³-hybridized carbons (Fsp3) is 0.324. The highest BCUT2D eigenvalue weighted by molar-refractivity contribution is 6.30. The number of carboxylic acid groups (broad SMARTS) is 1. The fourth-order valence-electron chi connectivity index (χ4n) is 6.24. The zero-order chi connectivity index (χ0) is 30.8. The van der Waals surface area contributed by atoms with Gasteiger partial charge in [-0.3, -0.25) is 9.59 Å². The topological polar surface area (TPSA) is 113 Å². The maximum absolute atomic E-state index is 13.8. The number of ether oxygens (including phenoxy) is 1. The highest BCUT2D eigenvalue weighted by atomic mass is 35.5. The summed E-state index contributed by atoms with van der Waals surface area (Å²) in [7, 11) is 0. The van der Waals surface area contributed by atoms with Crippen LogP contribution in [-0.2, 0) is 22.6 Å². The SMILES string of the molecule is CC1C2CN(C(=O)c3ccc4nc(-c5ccc(Cl)cc5)c(CCCCC(=O)O)nc4c3)C1CN2C(=O)OCc1ccccc1. The van der Waals surface area contributed by atoms with Gasteiger partial charge in [-0.05, 0) is 55.2 Å². The second-order valence-electron chi connectivity index (χ2n) is 11.5. The number of hydrogen-bond acceptors (Lipinski definition) is 6. The second-order valence-corrected chi connectivity index (χ2v) is 11.9. The number of nitrogens with zero attached hydrogens (tertiary/aromatic N) is 4. The molecule has 10 heteroatoms. The van der Waals surface area contributed by atoms with Gasteiger partial charge in [-0.25, -0.2) is 14.8 Å². The van der Waals surface area contributed by atoms with Crippen LogP contribution in [0.15, 0.2) is 72.8 Å². The molecule has 2 aliphatic rings. The molecule has 0 aliphatic carbocycles. The van der Waals surface area contributed by atoms with E-state index in [0.717, 1.165) is 16.8 Å². The summed E-state index contributed by atoms with van der Waals surface area (Å²) < 4.78 is 5.58. The highest BCUT2D eigenvalue weighted by Gasteiger charge is 2.53. The van der Waals surface area contributed by atoms with Crippen molar-refractivity contribution in [2.45, 2.75) is 51.3 Å². The molecule has 1 aromatic heterocycles. The fourth-order valence-corrected chi connectivity index (χ4v) is 6.37. The number of likely N-dealkylation sites (tertiary alicyclic amines) is 2. The van der Waals surface area contributed by atoms with Gasteiger partial charge in [-0.2, -0.15) is 0 Å². The van der Waals surface area contributed by atoms with Crippen LogP contribution in [0.25, 0.3) is 22.3 Å². The molecule has 3 heterocycles. The Hall–Kier alpha value is -4.50. The van der Waals surface area contributed by atoms with Crippen molar-refractivity contribution in [1.82, 2.24) is 19.8 Å². The first-order valence-corrected chi connectivity index (χ1v) is 15.2. The molecule has 0 saturated carbocycles. The van der Waals surface area contributed by atoms with E-state index in [-0.39, 0.29) is 43.0 Å². The highest BCUT2D eigenvalue weighted by Crippen LogP contribution is 2.37. The van der Waals surface area contributed by atoms with Crippen LogP contribution < -0.4 is 0 Å². The average Bonchev–Trinajstić information content (AvgIpc) is 3.53. The largest absolute Gasteiger partial charge is 0.481 e. The van der Waals surface area contributed by atoms with E-state index in [1.807, 2.05) is 53.4 Å². The van der Waals surface area contributed by atoms with Crippen LogP contribution in [0.1, 0.15) is 47.8 Å². The van der Waals surface area contributed by atoms with E-state index in [1.54, 1.807) is 29.2 Å². The Morgan fingerprint density at radius 1 is 0.909 bits per heavy atom. The minimum atomic E-state index is -0.826. The molecule has 226 valence electrons. The maximum atomic E-state index is 13.8. The first-order chi connectivity index (χ1) is 21.3. The van der Waals surface area contributed by atoms with Crippen LogP contribution in [0.5, 0.6) is 0 Å². The van der Waals surface area contributed by atoms with Crippen molar-refractivity contribution in [3.63, 3.8) is 0 Å². The first kappa shape index (κ1) is 29.6. The Morgan fingerprint density at radius 3 is 2.34 bits per heavy atom. The number of unbranched alkanes of at least 4 members (excludes halogenated alkanes) is 1. The Morgan fingerprint density at radius 2 is 1.64 bits per heavy atom. The number of carbonyl (C=O) groups is 3. The molecule has 44 heavy (non-hydrogen) atoms. The third-order valence-electron chi connectivity index (χ3n) is 8.64. The molecule has 2 fully saturated rings. The summed E-state index contributed by atoms with van der Waals surface area (Å²) in [5.41, 5.74) is 5.03. The number of amides is 2. The lowest BCUT2D eigenvalue weighted by molar-refractivity contribution is -0.137. The molecule has 1 N–H and O–H groups in total. The number of fused-ring (bicyclic) bond motifs is 3. The van der Waals surface area contributed by atoms with Gasteiger partial charge in [0.05, 0.1) is 34.5 Å². The number of hydrogen-bond donors (Lipinski definition) is 1. The van der Waals surface area contributed by atoms with Gasteiger partial charge in [0.2, 0.25) is 0 Å². The Balaban J connectivity index is 1.19. The third kappa shape index (κ3) is 6.10. The number of aliphatic carboxylic acids is 1. The van der Waals surface area contributed by atoms with E-state index in [1.165, 1.54) is 0 Å². The number of rotatable bonds is 9. The second kappa shape index (κ2) is 12.6. The summed E-state index contributed by atoms with van der Waals surface area (Å²) in [5, 5.41) is 9.66. The molecular weight excluding hydrogens is 580 g/mol. The van der Waals surface area contributed by atoms with Gasteiger partial charge < -0.3 is 19.6 Å². The number of carboxylic acids is 1. The van der Waals surface area contributed by atoms with Crippen molar-refractivity contribution >= 4 is 40.6 Å². The van der Waals surface area contributed by atoms with Gasteiger partial charge in [-0.1, -0.05) is 61.0 Å². The van der Waals surface area contributed by atoms with Crippen LogP contribution >= 0.6 is 11.6 Å². The van der Waals surface area contributed by atoms with Crippen LogP contribution in [0, 0.1) is 5.92 Å². The van der Waals surface area contributed by atoms with Gasteiger partial charge in [-0.15, -0.1) is 0 Å². The minimum Gasteiger partial charge on any atom is -0.481 e. The summed E-state index contributed by atoms with van der Waals surface area (Å²) in [6, 6.07) is 22.1. The van der Waals surface area contributed by atoms with Crippen molar-refractivity contribution in [1.29, 1.82) is 0 Å². The van der Waals surface area contributed by atoms with Crippen LogP contribution in [0.4, 0.5) is 4.79 Å². The maximum Gasteiger partial charge on any atom is 0.410 e. The van der Waals surface area contributed by atoms with E-state index in [4.69, 9.17) is 31.4 Å².